The van der Waals surface area contributed by atoms with Gasteiger partial charge in [0, 0.05) is 11.8 Å². The molecule has 0 aliphatic carbocycles. The molecule has 16 heavy (non-hydrogen) atoms. The van der Waals surface area contributed by atoms with Crippen LogP contribution in [0.1, 0.15) is 5.76 Å². The van der Waals surface area contributed by atoms with E-state index >= 15 is 0 Å². The number of hydrogen-bond acceptors (Lipinski definition) is 4. The van der Waals surface area contributed by atoms with E-state index in [4.69, 9.17) is 33.5 Å². The monoisotopic (exact) mass is 257 g/mol. The second kappa shape index (κ2) is 4.23. The normalized spacial score (nSPS) is 10.4. The summed E-state index contributed by atoms with van der Waals surface area (Å²) in [6.07, 6.45) is 0. The molecule has 1 aromatic heterocycles. The van der Waals surface area contributed by atoms with E-state index in [1.54, 1.807) is 25.1 Å². The molecule has 0 spiro atoms. The van der Waals surface area contributed by atoms with Crippen molar-refractivity contribution < 1.29 is 4.52 Å². The van der Waals surface area contributed by atoms with Gasteiger partial charge in [-0.2, -0.15) is 0 Å². The molecule has 0 fully saturated rings. The summed E-state index contributed by atoms with van der Waals surface area (Å²) in [7, 11) is 0. The van der Waals surface area contributed by atoms with Crippen LogP contribution < -0.4 is 11.1 Å². The number of hydrogen-bond donors (Lipinski definition) is 2. The van der Waals surface area contributed by atoms with Gasteiger partial charge >= 0.3 is 0 Å². The number of nitrogens with two attached hydrogens (primary N) is 1. The summed E-state index contributed by atoms with van der Waals surface area (Å²) in [6.45, 7) is 1.80. The fraction of sp³-hybridized carbons (Fsp3) is 0.100. The van der Waals surface area contributed by atoms with Gasteiger partial charge in [0.05, 0.1) is 15.7 Å². The molecule has 3 N–H and O–H groups in total. The molecule has 0 saturated carbocycles. The fourth-order valence-corrected chi connectivity index (χ4v) is 1.86. The van der Waals surface area contributed by atoms with Gasteiger partial charge in [0.2, 0.25) is 0 Å². The van der Waals surface area contributed by atoms with Crippen molar-refractivity contribution in [2.24, 2.45) is 0 Å². The minimum atomic E-state index is 0.436. The number of nitrogens with one attached hydrogen (secondary N) is 1. The number of rotatable bonds is 2. The molecular weight excluding hydrogens is 249 g/mol. The van der Waals surface area contributed by atoms with Crippen LogP contribution in [-0.2, 0) is 0 Å². The van der Waals surface area contributed by atoms with Crippen molar-refractivity contribution in [3.8, 4) is 0 Å². The van der Waals surface area contributed by atoms with E-state index in [1.807, 2.05) is 0 Å². The first-order valence-corrected chi connectivity index (χ1v) is 5.26. The smallest absolute Gasteiger partial charge is 0.174 e. The summed E-state index contributed by atoms with van der Waals surface area (Å²) in [5, 5.41) is 7.62. The third-order valence-corrected chi connectivity index (χ3v) is 2.54. The van der Waals surface area contributed by atoms with Crippen LogP contribution in [0.4, 0.5) is 17.2 Å². The molecule has 1 aromatic carbocycles. The highest BCUT2D eigenvalue weighted by Gasteiger charge is 2.09. The van der Waals surface area contributed by atoms with Gasteiger partial charge in [0.15, 0.2) is 5.82 Å². The maximum Gasteiger partial charge on any atom is 0.174 e. The number of benzene rings is 1. The molecule has 84 valence electrons. The highest BCUT2D eigenvalue weighted by Crippen LogP contribution is 2.34. The van der Waals surface area contributed by atoms with Gasteiger partial charge in [-0.3, -0.25) is 0 Å². The summed E-state index contributed by atoms with van der Waals surface area (Å²) in [5.41, 5.74) is 6.67. The zero-order valence-electron chi connectivity index (χ0n) is 8.42. The third-order valence-electron chi connectivity index (χ3n) is 1.95. The van der Waals surface area contributed by atoms with E-state index in [9.17, 15) is 0 Å². The second-order valence-corrected chi connectivity index (χ2v) is 4.12. The van der Waals surface area contributed by atoms with Crippen LogP contribution in [0.3, 0.4) is 0 Å². The van der Waals surface area contributed by atoms with Crippen molar-refractivity contribution >= 4 is 40.4 Å². The molecule has 0 amide bonds. The Balaban J connectivity index is 2.34. The largest absolute Gasteiger partial charge is 0.399 e. The lowest BCUT2D eigenvalue weighted by atomic mass is 10.3. The van der Waals surface area contributed by atoms with Gasteiger partial charge in [0.25, 0.3) is 0 Å². The van der Waals surface area contributed by atoms with Crippen molar-refractivity contribution in [3.05, 3.63) is 34.0 Å². The van der Waals surface area contributed by atoms with Crippen molar-refractivity contribution in [1.82, 2.24) is 5.16 Å². The van der Waals surface area contributed by atoms with Crippen molar-refractivity contribution in [2.75, 3.05) is 11.1 Å². The standard InChI is InChI=1S/C10H9Cl2N3O/c1-5-2-9(15-16-5)14-10-7(11)3-6(13)4-8(10)12/h2-4H,13H2,1H3,(H,14,15). The van der Waals surface area contributed by atoms with E-state index in [1.165, 1.54) is 0 Å². The van der Waals surface area contributed by atoms with Crippen LogP contribution in [0.5, 0.6) is 0 Å². The van der Waals surface area contributed by atoms with Gasteiger partial charge in [0.1, 0.15) is 5.76 Å². The predicted octanol–water partition coefficient (Wildman–Crippen LogP) is 3.62. The molecule has 0 saturated heterocycles. The van der Waals surface area contributed by atoms with E-state index in [-0.39, 0.29) is 0 Å². The molecule has 0 atom stereocenters. The molecule has 0 aliphatic heterocycles. The maximum atomic E-state index is 6.01. The topological polar surface area (TPSA) is 64.1 Å². The first kappa shape index (κ1) is 11.1. The molecule has 0 radical (unpaired) electrons. The number of nitrogen functional groups attached to an aromatic ring is 1. The van der Waals surface area contributed by atoms with Gasteiger partial charge in [-0.25, -0.2) is 0 Å². The van der Waals surface area contributed by atoms with Gasteiger partial charge in [-0.05, 0) is 19.1 Å². The van der Waals surface area contributed by atoms with Crippen molar-refractivity contribution in [3.63, 3.8) is 0 Å². The Hall–Kier alpha value is -1.39. The summed E-state index contributed by atoms with van der Waals surface area (Å²) in [6, 6.07) is 4.97. The van der Waals surface area contributed by atoms with Crippen LogP contribution in [0, 0.1) is 6.92 Å². The molecule has 0 unspecified atom stereocenters. The number of aromatic nitrogens is 1. The second-order valence-electron chi connectivity index (χ2n) is 3.31. The Kier molecular flexibility index (Phi) is 2.94. The van der Waals surface area contributed by atoms with Crippen LogP contribution in [0.25, 0.3) is 0 Å². The predicted molar refractivity (Wildman–Crippen MR) is 65.4 cm³/mol. The molecule has 2 aromatic rings. The molecule has 4 nitrogen and oxygen atoms in total. The van der Waals surface area contributed by atoms with E-state index in [0.29, 0.717) is 33.0 Å². The summed E-state index contributed by atoms with van der Waals surface area (Å²) >= 11 is 12.0. The summed E-state index contributed by atoms with van der Waals surface area (Å²) in [5.74, 6) is 1.25. The SMILES string of the molecule is Cc1cc(Nc2c(Cl)cc(N)cc2Cl)no1. The lowest BCUT2D eigenvalue weighted by Crippen LogP contribution is -1.94. The third kappa shape index (κ3) is 2.23. The average molecular weight is 258 g/mol. The molecular formula is C10H9Cl2N3O. The lowest BCUT2D eigenvalue weighted by molar-refractivity contribution is 0.400. The van der Waals surface area contributed by atoms with E-state index in [2.05, 4.69) is 10.5 Å². The van der Waals surface area contributed by atoms with Crippen LogP contribution in [0.2, 0.25) is 10.0 Å². The zero-order chi connectivity index (χ0) is 11.7. The van der Waals surface area contributed by atoms with Gasteiger partial charge in [-0.15, -0.1) is 0 Å². The highest BCUT2D eigenvalue weighted by atomic mass is 35.5. The number of anilines is 3. The Morgan fingerprint density at radius 2 is 1.88 bits per heavy atom. The Morgan fingerprint density at radius 3 is 2.38 bits per heavy atom. The Labute approximate surface area is 102 Å². The summed E-state index contributed by atoms with van der Waals surface area (Å²) < 4.78 is 4.92. The highest BCUT2D eigenvalue weighted by molar-refractivity contribution is 6.39. The lowest BCUT2D eigenvalue weighted by Gasteiger charge is -2.08. The number of aryl methyl sites for hydroxylation is 1. The molecule has 0 bridgehead atoms. The van der Waals surface area contributed by atoms with Crippen molar-refractivity contribution in [1.29, 1.82) is 0 Å². The Morgan fingerprint density at radius 1 is 1.25 bits per heavy atom. The minimum absolute atomic E-state index is 0.436. The molecule has 0 aliphatic rings. The summed E-state index contributed by atoms with van der Waals surface area (Å²) in [4.78, 5) is 0. The first-order valence-electron chi connectivity index (χ1n) is 4.51. The van der Waals surface area contributed by atoms with Crippen molar-refractivity contribution in [2.45, 2.75) is 6.92 Å². The van der Waals surface area contributed by atoms with Crippen LogP contribution in [-0.4, -0.2) is 5.16 Å². The van der Waals surface area contributed by atoms with Crippen LogP contribution in [0.15, 0.2) is 22.7 Å². The van der Waals surface area contributed by atoms with Crippen LogP contribution >= 0.6 is 23.2 Å². The maximum absolute atomic E-state index is 6.01. The number of nitrogens with zero attached hydrogens (tertiary/aromatic N) is 1. The van der Waals surface area contributed by atoms with Gasteiger partial charge < -0.3 is 15.6 Å². The van der Waals surface area contributed by atoms with Gasteiger partial charge in [-0.1, -0.05) is 28.4 Å². The molecule has 2 rings (SSSR count). The number of halogens is 2. The quantitative estimate of drug-likeness (QED) is 0.807. The zero-order valence-corrected chi connectivity index (χ0v) is 9.93. The Bertz CT molecular complexity index is 502. The minimum Gasteiger partial charge on any atom is -0.399 e. The van der Waals surface area contributed by atoms with E-state index in [0.717, 1.165) is 0 Å². The molecule has 6 heteroatoms. The molecule has 1 heterocycles. The first-order chi connectivity index (χ1) is 7.56. The fourth-order valence-electron chi connectivity index (χ4n) is 1.27. The van der Waals surface area contributed by atoms with E-state index < -0.39 is 0 Å². The average Bonchev–Trinajstić information content (AvgIpc) is 2.58.